The van der Waals surface area contributed by atoms with Gasteiger partial charge in [0.05, 0.1) is 5.69 Å². The molecular formula is C11H15N5. The fraction of sp³-hybridized carbons (Fsp3) is 0.273. The van der Waals surface area contributed by atoms with Crippen molar-refractivity contribution in [1.29, 1.82) is 0 Å². The summed E-state index contributed by atoms with van der Waals surface area (Å²) in [5, 5.41) is 6.27. The van der Waals surface area contributed by atoms with E-state index in [2.05, 4.69) is 25.6 Å². The molecule has 2 heterocycles. The number of anilines is 2. The smallest absolute Gasteiger partial charge is 0.134 e. The Morgan fingerprint density at radius 1 is 1.38 bits per heavy atom. The molecule has 3 N–H and O–H groups in total. The molecule has 0 spiro atoms. The molecule has 2 aromatic heterocycles. The van der Waals surface area contributed by atoms with Crippen LogP contribution in [0.4, 0.5) is 11.5 Å². The first-order valence-corrected chi connectivity index (χ1v) is 5.25. The highest BCUT2D eigenvalue weighted by Gasteiger charge is 1.99. The van der Waals surface area contributed by atoms with Gasteiger partial charge < -0.3 is 15.6 Å². The van der Waals surface area contributed by atoms with Crippen molar-refractivity contribution in [2.24, 2.45) is 0 Å². The van der Waals surface area contributed by atoms with Crippen molar-refractivity contribution in [1.82, 2.24) is 20.3 Å². The maximum absolute atomic E-state index is 4.41. The number of likely N-dealkylation sites (N-methyl/N-ethyl adjacent to an activating group) is 1. The molecular weight excluding hydrogens is 202 g/mol. The first-order chi connectivity index (χ1) is 7.88. The lowest BCUT2D eigenvalue weighted by Crippen LogP contribution is -2.12. The number of H-pyrrole nitrogens is 1. The Bertz CT molecular complexity index is 424. The third kappa shape index (κ3) is 2.80. The quantitative estimate of drug-likeness (QED) is 0.706. The van der Waals surface area contributed by atoms with Gasteiger partial charge in [-0.05, 0) is 19.2 Å². The van der Waals surface area contributed by atoms with E-state index in [0.717, 1.165) is 30.3 Å². The molecule has 2 aromatic rings. The maximum atomic E-state index is 4.41. The van der Waals surface area contributed by atoms with Crippen LogP contribution in [0.1, 0.15) is 5.82 Å². The average Bonchev–Trinajstić information content (AvgIpc) is 2.80. The van der Waals surface area contributed by atoms with Crippen LogP contribution in [0.2, 0.25) is 0 Å². The summed E-state index contributed by atoms with van der Waals surface area (Å²) in [4.78, 5) is 11.6. The van der Waals surface area contributed by atoms with Crippen molar-refractivity contribution in [3.63, 3.8) is 0 Å². The number of nitrogens with zero attached hydrogens (tertiary/aromatic N) is 2. The highest BCUT2D eigenvalue weighted by molar-refractivity contribution is 5.54. The summed E-state index contributed by atoms with van der Waals surface area (Å²) >= 11 is 0. The standard InChI is InChI=1S/C11H15N5/c1-12-5-3-10-14-7-4-11(16-10)15-9-2-6-13-8-9/h2,4,6-8,12-13H,3,5H2,1H3,(H,14,15,16). The molecule has 84 valence electrons. The van der Waals surface area contributed by atoms with E-state index in [-0.39, 0.29) is 0 Å². The monoisotopic (exact) mass is 217 g/mol. The zero-order chi connectivity index (χ0) is 11.2. The summed E-state index contributed by atoms with van der Waals surface area (Å²) in [6.07, 6.45) is 6.35. The predicted molar refractivity (Wildman–Crippen MR) is 63.7 cm³/mol. The summed E-state index contributed by atoms with van der Waals surface area (Å²) in [7, 11) is 1.92. The minimum Gasteiger partial charge on any atom is -0.366 e. The second kappa shape index (κ2) is 5.27. The van der Waals surface area contributed by atoms with Gasteiger partial charge in [-0.25, -0.2) is 9.97 Å². The lowest BCUT2D eigenvalue weighted by molar-refractivity contribution is 0.756. The summed E-state index contributed by atoms with van der Waals surface area (Å²) < 4.78 is 0. The lowest BCUT2D eigenvalue weighted by atomic mass is 10.4. The molecule has 0 saturated heterocycles. The highest BCUT2D eigenvalue weighted by Crippen LogP contribution is 2.12. The van der Waals surface area contributed by atoms with Gasteiger partial charge in [0.25, 0.3) is 0 Å². The van der Waals surface area contributed by atoms with Gasteiger partial charge in [0.15, 0.2) is 0 Å². The number of aromatic nitrogens is 3. The topological polar surface area (TPSA) is 65.6 Å². The van der Waals surface area contributed by atoms with Gasteiger partial charge in [0.1, 0.15) is 11.6 Å². The summed E-state index contributed by atoms with van der Waals surface area (Å²) in [6, 6.07) is 3.81. The second-order valence-electron chi connectivity index (χ2n) is 3.44. The van der Waals surface area contributed by atoms with Gasteiger partial charge >= 0.3 is 0 Å². The van der Waals surface area contributed by atoms with E-state index in [9.17, 15) is 0 Å². The Labute approximate surface area is 94.3 Å². The molecule has 0 amide bonds. The molecule has 0 fully saturated rings. The van der Waals surface area contributed by atoms with E-state index >= 15 is 0 Å². The first-order valence-electron chi connectivity index (χ1n) is 5.25. The number of hydrogen-bond acceptors (Lipinski definition) is 4. The van der Waals surface area contributed by atoms with Crippen LogP contribution in [-0.4, -0.2) is 28.5 Å². The fourth-order valence-electron chi connectivity index (χ4n) is 1.38. The average molecular weight is 217 g/mol. The molecule has 0 unspecified atom stereocenters. The molecule has 2 rings (SSSR count). The SMILES string of the molecule is CNCCc1nccc(Nc2cc[nH]c2)n1. The normalized spacial score (nSPS) is 10.3. The Morgan fingerprint density at radius 3 is 3.06 bits per heavy atom. The number of hydrogen-bond donors (Lipinski definition) is 3. The lowest BCUT2D eigenvalue weighted by Gasteiger charge is -2.04. The van der Waals surface area contributed by atoms with Crippen molar-refractivity contribution in [3.8, 4) is 0 Å². The van der Waals surface area contributed by atoms with Crippen molar-refractivity contribution >= 4 is 11.5 Å². The second-order valence-corrected chi connectivity index (χ2v) is 3.44. The van der Waals surface area contributed by atoms with Crippen LogP contribution in [0.15, 0.2) is 30.7 Å². The first kappa shape index (κ1) is 10.6. The maximum Gasteiger partial charge on any atom is 0.134 e. The molecule has 0 saturated carbocycles. The van der Waals surface area contributed by atoms with Crippen molar-refractivity contribution in [3.05, 3.63) is 36.5 Å². The molecule has 0 aliphatic heterocycles. The molecule has 5 heteroatoms. The van der Waals surface area contributed by atoms with Gasteiger partial charge in [0, 0.05) is 31.6 Å². The van der Waals surface area contributed by atoms with Gasteiger partial charge in [0.2, 0.25) is 0 Å². The molecule has 0 radical (unpaired) electrons. The van der Waals surface area contributed by atoms with Crippen LogP contribution in [0, 0.1) is 0 Å². The van der Waals surface area contributed by atoms with Crippen LogP contribution in [0.5, 0.6) is 0 Å². The van der Waals surface area contributed by atoms with Crippen LogP contribution >= 0.6 is 0 Å². The zero-order valence-corrected chi connectivity index (χ0v) is 9.20. The molecule has 0 aliphatic carbocycles. The van der Waals surface area contributed by atoms with Crippen LogP contribution in [-0.2, 0) is 6.42 Å². The number of aromatic amines is 1. The fourth-order valence-corrected chi connectivity index (χ4v) is 1.38. The summed E-state index contributed by atoms with van der Waals surface area (Å²) in [6.45, 7) is 0.883. The van der Waals surface area contributed by atoms with Crippen molar-refractivity contribution in [2.75, 3.05) is 18.9 Å². The van der Waals surface area contributed by atoms with E-state index in [1.54, 1.807) is 6.20 Å². The molecule has 0 aliphatic rings. The molecule has 0 bridgehead atoms. The van der Waals surface area contributed by atoms with Crippen molar-refractivity contribution < 1.29 is 0 Å². The highest BCUT2D eigenvalue weighted by atomic mass is 15.0. The van der Waals surface area contributed by atoms with Gasteiger partial charge in [-0.3, -0.25) is 0 Å². The van der Waals surface area contributed by atoms with Gasteiger partial charge in [-0.15, -0.1) is 0 Å². The molecule has 0 atom stereocenters. The van der Waals surface area contributed by atoms with E-state index in [1.165, 1.54) is 0 Å². The van der Waals surface area contributed by atoms with Crippen LogP contribution < -0.4 is 10.6 Å². The van der Waals surface area contributed by atoms with Gasteiger partial charge in [-0.1, -0.05) is 0 Å². The summed E-state index contributed by atoms with van der Waals surface area (Å²) in [5.74, 6) is 1.66. The largest absolute Gasteiger partial charge is 0.366 e. The minimum atomic E-state index is 0.820. The third-order valence-corrected chi connectivity index (χ3v) is 2.17. The molecule has 16 heavy (non-hydrogen) atoms. The summed E-state index contributed by atoms with van der Waals surface area (Å²) in [5.41, 5.74) is 0.998. The van der Waals surface area contributed by atoms with Gasteiger partial charge in [-0.2, -0.15) is 0 Å². The van der Waals surface area contributed by atoms with E-state index in [4.69, 9.17) is 0 Å². The van der Waals surface area contributed by atoms with E-state index < -0.39 is 0 Å². The van der Waals surface area contributed by atoms with Crippen LogP contribution in [0.3, 0.4) is 0 Å². The zero-order valence-electron chi connectivity index (χ0n) is 9.20. The molecule has 5 nitrogen and oxygen atoms in total. The van der Waals surface area contributed by atoms with Crippen molar-refractivity contribution in [2.45, 2.75) is 6.42 Å². The number of nitrogens with one attached hydrogen (secondary N) is 3. The Hall–Kier alpha value is -1.88. The van der Waals surface area contributed by atoms with E-state index in [0.29, 0.717) is 0 Å². The predicted octanol–water partition coefficient (Wildman–Crippen LogP) is 1.31. The Kier molecular flexibility index (Phi) is 3.50. The van der Waals surface area contributed by atoms with E-state index in [1.807, 2.05) is 31.6 Å². The minimum absolute atomic E-state index is 0.820. The molecule has 0 aromatic carbocycles. The Balaban J connectivity index is 2.04. The number of rotatable bonds is 5. The third-order valence-electron chi connectivity index (χ3n) is 2.17. The van der Waals surface area contributed by atoms with Crippen LogP contribution in [0.25, 0.3) is 0 Å². The Morgan fingerprint density at radius 2 is 2.31 bits per heavy atom.